The van der Waals surface area contributed by atoms with Gasteiger partial charge in [0.1, 0.15) is 11.9 Å². The number of carboxylic acid groups (broad SMARTS) is 1. The third-order valence-corrected chi connectivity index (χ3v) is 5.09. The Kier molecular flexibility index (Phi) is 9.91. The highest BCUT2D eigenvalue weighted by Crippen LogP contribution is 2.15. The summed E-state index contributed by atoms with van der Waals surface area (Å²) < 4.78 is 11.0. The van der Waals surface area contributed by atoms with E-state index in [1.807, 2.05) is 30.3 Å². The molecule has 0 radical (unpaired) electrons. The van der Waals surface area contributed by atoms with Crippen LogP contribution >= 0.6 is 0 Å². The van der Waals surface area contributed by atoms with E-state index in [9.17, 15) is 14.4 Å². The number of carbonyl (C=O) groups excluding carboxylic acids is 2. The van der Waals surface area contributed by atoms with Gasteiger partial charge < -0.3 is 14.6 Å². The first-order chi connectivity index (χ1) is 14.9. The van der Waals surface area contributed by atoms with Crippen molar-refractivity contribution in [2.24, 2.45) is 0 Å². The number of benzene rings is 2. The summed E-state index contributed by atoms with van der Waals surface area (Å²) in [5.74, 6) is -1.36. The molecule has 0 aliphatic carbocycles. The molecule has 2 rings (SSSR count). The molecule has 0 aliphatic heterocycles. The van der Waals surface area contributed by atoms with Crippen LogP contribution in [0.25, 0.3) is 0 Å². The van der Waals surface area contributed by atoms with Crippen molar-refractivity contribution in [2.75, 3.05) is 7.11 Å². The van der Waals surface area contributed by atoms with Gasteiger partial charge >= 0.3 is 11.9 Å². The van der Waals surface area contributed by atoms with Gasteiger partial charge in [0.2, 0.25) is 0 Å². The SMILES string of the molecule is COC(CCc1ccc(C(=O)O)cc1)CC(=O)OC(CCc1ccccc1)CC(C)=O. The second-order valence-corrected chi connectivity index (χ2v) is 7.64. The van der Waals surface area contributed by atoms with E-state index in [0.717, 1.165) is 17.5 Å². The fraction of sp³-hybridized carbons (Fsp3) is 0.400. The molecule has 166 valence electrons. The van der Waals surface area contributed by atoms with Crippen molar-refractivity contribution in [3.63, 3.8) is 0 Å². The molecule has 0 saturated carbocycles. The average molecular weight is 427 g/mol. The molecule has 0 amide bonds. The van der Waals surface area contributed by atoms with Crippen LogP contribution in [0.5, 0.6) is 0 Å². The van der Waals surface area contributed by atoms with Crippen LogP contribution in [0, 0.1) is 0 Å². The summed E-state index contributed by atoms with van der Waals surface area (Å²) in [5.41, 5.74) is 2.34. The van der Waals surface area contributed by atoms with Crippen LogP contribution in [0.15, 0.2) is 54.6 Å². The van der Waals surface area contributed by atoms with Gasteiger partial charge in [0.05, 0.1) is 18.1 Å². The Labute approximate surface area is 183 Å². The molecule has 0 aliphatic rings. The monoisotopic (exact) mass is 426 g/mol. The largest absolute Gasteiger partial charge is 0.478 e. The number of rotatable bonds is 13. The van der Waals surface area contributed by atoms with Crippen LogP contribution < -0.4 is 0 Å². The molecule has 0 heterocycles. The van der Waals surface area contributed by atoms with Crippen LogP contribution in [-0.4, -0.2) is 42.1 Å². The fourth-order valence-electron chi connectivity index (χ4n) is 3.36. The zero-order valence-corrected chi connectivity index (χ0v) is 18.1. The predicted molar refractivity (Wildman–Crippen MR) is 117 cm³/mol. The number of methoxy groups -OCH3 is 1. The normalized spacial score (nSPS) is 12.7. The molecule has 2 atom stereocenters. The molecule has 0 fully saturated rings. The second kappa shape index (κ2) is 12.6. The van der Waals surface area contributed by atoms with Crippen molar-refractivity contribution in [3.8, 4) is 0 Å². The zero-order valence-electron chi connectivity index (χ0n) is 18.1. The van der Waals surface area contributed by atoms with E-state index in [4.69, 9.17) is 14.6 Å². The summed E-state index contributed by atoms with van der Waals surface area (Å²) >= 11 is 0. The number of Topliss-reactive ketones (excluding diaryl/α,β-unsaturated/α-hetero) is 1. The molecule has 1 N–H and O–H groups in total. The Morgan fingerprint density at radius 3 is 1.97 bits per heavy atom. The van der Waals surface area contributed by atoms with Crippen molar-refractivity contribution >= 4 is 17.7 Å². The second-order valence-electron chi connectivity index (χ2n) is 7.64. The predicted octanol–water partition coefficient (Wildman–Crippen LogP) is 4.25. The van der Waals surface area contributed by atoms with E-state index < -0.39 is 12.1 Å². The molecule has 0 saturated heterocycles. The third-order valence-electron chi connectivity index (χ3n) is 5.09. The van der Waals surface area contributed by atoms with Gasteiger partial charge in [-0.1, -0.05) is 42.5 Å². The summed E-state index contributed by atoms with van der Waals surface area (Å²) in [6.07, 6.45) is 2.09. The summed E-state index contributed by atoms with van der Waals surface area (Å²) in [4.78, 5) is 35.0. The maximum Gasteiger partial charge on any atom is 0.335 e. The minimum absolute atomic E-state index is 0.0149. The summed E-state index contributed by atoms with van der Waals surface area (Å²) in [6, 6.07) is 16.5. The Morgan fingerprint density at radius 2 is 1.42 bits per heavy atom. The molecule has 6 heteroatoms. The highest BCUT2D eigenvalue weighted by Gasteiger charge is 2.20. The molecular formula is C25H30O6. The quantitative estimate of drug-likeness (QED) is 0.482. The molecule has 31 heavy (non-hydrogen) atoms. The minimum atomic E-state index is -0.962. The molecule has 0 spiro atoms. The lowest BCUT2D eigenvalue weighted by Crippen LogP contribution is -2.25. The van der Waals surface area contributed by atoms with Gasteiger partial charge in [-0.05, 0) is 55.9 Å². The van der Waals surface area contributed by atoms with E-state index in [1.54, 1.807) is 31.4 Å². The standard InChI is InChI=1S/C25H30O6/c1-18(26)16-23(15-11-19-6-4-3-5-7-19)31-24(27)17-22(30-2)14-10-20-8-12-21(13-9-20)25(28)29/h3-9,12-13,22-23H,10-11,14-17H2,1-2H3,(H,28,29). The fourth-order valence-corrected chi connectivity index (χ4v) is 3.36. The van der Waals surface area contributed by atoms with Crippen LogP contribution in [0.4, 0.5) is 0 Å². The molecular weight excluding hydrogens is 396 g/mol. The number of aryl methyl sites for hydroxylation is 2. The van der Waals surface area contributed by atoms with Crippen LogP contribution in [0.2, 0.25) is 0 Å². The van der Waals surface area contributed by atoms with E-state index in [2.05, 4.69) is 0 Å². The smallest absolute Gasteiger partial charge is 0.335 e. The van der Waals surface area contributed by atoms with E-state index in [1.165, 1.54) is 6.92 Å². The summed E-state index contributed by atoms with van der Waals surface area (Å²) in [7, 11) is 1.55. The first kappa shape index (κ1) is 24.3. The number of hydrogen-bond donors (Lipinski definition) is 1. The summed E-state index contributed by atoms with van der Waals surface area (Å²) in [6.45, 7) is 1.50. The van der Waals surface area contributed by atoms with Crippen LogP contribution in [-0.2, 0) is 31.9 Å². The number of esters is 1. The van der Waals surface area contributed by atoms with Gasteiger partial charge in [0.25, 0.3) is 0 Å². The number of carboxylic acids is 1. The molecule has 0 aromatic heterocycles. The van der Waals surface area contributed by atoms with Gasteiger partial charge in [-0.15, -0.1) is 0 Å². The van der Waals surface area contributed by atoms with Gasteiger partial charge in [0, 0.05) is 13.5 Å². The Bertz CT molecular complexity index is 844. The average Bonchev–Trinajstić information content (AvgIpc) is 2.75. The van der Waals surface area contributed by atoms with Crippen molar-refractivity contribution in [3.05, 3.63) is 71.3 Å². The Balaban J connectivity index is 1.85. The lowest BCUT2D eigenvalue weighted by Gasteiger charge is -2.19. The number of carbonyl (C=O) groups is 3. The molecule has 0 bridgehead atoms. The number of ether oxygens (including phenoxy) is 2. The number of aromatic carboxylic acids is 1. The highest BCUT2D eigenvalue weighted by atomic mass is 16.5. The van der Waals surface area contributed by atoms with Gasteiger partial charge in [0.15, 0.2) is 0 Å². The molecule has 2 aromatic rings. The van der Waals surface area contributed by atoms with E-state index in [0.29, 0.717) is 19.3 Å². The van der Waals surface area contributed by atoms with Crippen molar-refractivity contribution < 1.29 is 29.0 Å². The Morgan fingerprint density at radius 1 is 0.839 bits per heavy atom. The van der Waals surface area contributed by atoms with Crippen molar-refractivity contribution in [1.82, 2.24) is 0 Å². The first-order valence-electron chi connectivity index (χ1n) is 10.4. The van der Waals surface area contributed by atoms with Crippen molar-refractivity contribution in [1.29, 1.82) is 0 Å². The lowest BCUT2D eigenvalue weighted by atomic mass is 10.0. The van der Waals surface area contributed by atoms with Crippen LogP contribution in [0.3, 0.4) is 0 Å². The Hall–Kier alpha value is -2.99. The van der Waals surface area contributed by atoms with Gasteiger partial charge in [-0.3, -0.25) is 9.59 Å². The van der Waals surface area contributed by atoms with E-state index >= 15 is 0 Å². The zero-order chi connectivity index (χ0) is 22.6. The maximum atomic E-state index is 12.5. The lowest BCUT2D eigenvalue weighted by molar-refractivity contribution is -0.153. The topological polar surface area (TPSA) is 89.9 Å². The van der Waals surface area contributed by atoms with Gasteiger partial charge in [-0.25, -0.2) is 4.79 Å². The number of ketones is 1. The first-order valence-corrected chi connectivity index (χ1v) is 10.4. The van der Waals surface area contributed by atoms with Gasteiger partial charge in [-0.2, -0.15) is 0 Å². The summed E-state index contributed by atoms with van der Waals surface area (Å²) in [5, 5.41) is 8.97. The maximum absolute atomic E-state index is 12.5. The minimum Gasteiger partial charge on any atom is -0.478 e. The molecule has 2 aromatic carbocycles. The third kappa shape index (κ3) is 9.13. The van der Waals surface area contributed by atoms with Crippen LogP contribution in [0.1, 0.15) is 54.1 Å². The van der Waals surface area contributed by atoms with E-state index in [-0.39, 0.29) is 36.3 Å². The number of hydrogen-bond acceptors (Lipinski definition) is 5. The van der Waals surface area contributed by atoms with Crippen molar-refractivity contribution in [2.45, 2.75) is 57.7 Å². The molecule has 6 nitrogen and oxygen atoms in total. The highest BCUT2D eigenvalue weighted by molar-refractivity contribution is 5.87. The molecule has 2 unspecified atom stereocenters.